The van der Waals surface area contributed by atoms with E-state index in [0.717, 1.165) is 4.48 Å². The smallest absolute Gasteiger partial charge is 0.0169 e. The fraction of sp³-hybridized carbons (Fsp3) is 0. The van der Waals surface area contributed by atoms with Crippen molar-refractivity contribution in [1.29, 1.82) is 0 Å². The molecule has 1 heteroatoms. The minimum absolute atomic E-state index is 0.961. The lowest BCUT2D eigenvalue weighted by Gasteiger charge is -1.77. The van der Waals surface area contributed by atoms with Gasteiger partial charge in [0.25, 0.3) is 0 Å². The number of allylic oxidation sites excluding steroid dienone is 4. The van der Waals surface area contributed by atoms with E-state index in [-0.39, 0.29) is 0 Å². The zero-order valence-electron chi connectivity index (χ0n) is 4.02. The molecule has 0 saturated carbocycles. The maximum absolute atomic E-state index is 3.52. The topological polar surface area (TPSA) is 0 Å². The Morgan fingerprint density at radius 1 is 1.43 bits per heavy atom. The van der Waals surface area contributed by atoms with Crippen LogP contribution in [-0.4, -0.2) is 0 Å². The Kier molecular flexibility index (Phi) is 3.71. The molecule has 0 aromatic carbocycles. The van der Waals surface area contributed by atoms with Crippen molar-refractivity contribution in [3.8, 4) is 0 Å². The minimum Gasteiger partial charge on any atom is -0.0990 e. The second kappa shape index (κ2) is 3.88. The third kappa shape index (κ3) is 3.53. The molecule has 0 bridgehead atoms. The van der Waals surface area contributed by atoms with Crippen molar-refractivity contribution >= 4 is 15.9 Å². The molecule has 0 aliphatic rings. The van der Waals surface area contributed by atoms with Crippen LogP contribution in [0.3, 0.4) is 0 Å². The first-order chi connectivity index (χ1) is 3.31. The molecule has 0 rings (SSSR count). The van der Waals surface area contributed by atoms with Crippen LogP contribution in [0.2, 0.25) is 0 Å². The average Bonchev–Trinajstić information content (AvgIpc) is 1.68. The Morgan fingerprint density at radius 2 is 2.00 bits per heavy atom. The second-order valence-electron chi connectivity index (χ2n) is 0.991. The van der Waals surface area contributed by atoms with E-state index in [4.69, 9.17) is 0 Å². The molecule has 0 aromatic heterocycles. The first-order valence-corrected chi connectivity index (χ1v) is 2.71. The van der Waals surface area contributed by atoms with Crippen LogP contribution in [0.25, 0.3) is 0 Å². The number of rotatable bonds is 2. The van der Waals surface area contributed by atoms with Crippen molar-refractivity contribution in [3.05, 3.63) is 35.9 Å². The first-order valence-electron chi connectivity index (χ1n) is 1.92. The van der Waals surface area contributed by atoms with E-state index in [2.05, 4.69) is 29.1 Å². The predicted molar refractivity (Wildman–Crippen MR) is 37.4 cm³/mol. The zero-order valence-corrected chi connectivity index (χ0v) is 5.61. The zero-order chi connectivity index (χ0) is 5.70. The van der Waals surface area contributed by atoms with Crippen molar-refractivity contribution in [3.63, 3.8) is 0 Å². The van der Waals surface area contributed by atoms with Crippen LogP contribution in [0.4, 0.5) is 0 Å². The predicted octanol–water partition coefficient (Wildman–Crippen LogP) is 2.64. The Labute approximate surface area is 52.4 Å². The summed E-state index contributed by atoms with van der Waals surface area (Å²) in [7, 11) is 0. The summed E-state index contributed by atoms with van der Waals surface area (Å²) in [6, 6.07) is 0. The molecule has 7 heavy (non-hydrogen) atoms. The Hall–Kier alpha value is -0.300. The molecule has 0 aromatic rings. The lowest BCUT2D eigenvalue weighted by atomic mass is 10.5. The molecule has 0 spiro atoms. The van der Waals surface area contributed by atoms with Gasteiger partial charge < -0.3 is 0 Å². The van der Waals surface area contributed by atoms with Gasteiger partial charge in [0, 0.05) is 4.48 Å². The summed E-state index contributed by atoms with van der Waals surface area (Å²) in [5, 5.41) is 0. The molecule has 0 saturated heterocycles. The summed E-state index contributed by atoms with van der Waals surface area (Å²) in [6.45, 7) is 7.01. The SMILES string of the molecule is C=C/C=C(/Br)C=C. The van der Waals surface area contributed by atoms with Crippen LogP contribution < -0.4 is 0 Å². The largest absolute Gasteiger partial charge is 0.0990 e. The maximum Gasteiger partial charge on any atom is 0.0169 e. The van der Waals surface area contributed by atoms with E-state index in [9.17, 15) is 0 Å². The highest BCUT2D eigenvalue weighted by Crippen LogP contribution is 2.03. The van der Waals surface area contributed by atoms with Gasteiger partial charge in [0.15, 0.2) is 0 Å². The summed E-state index contributed by atoms with van der Waals surface area (Å²) >= 11 is 3.21. The molecule has 0 nitrogen and oxygen atoms in total. The lowest BCUT2D eigenvalue weighted by molar-refractivity contribution is 1.94. The highest BCUT2D eigenvalue weighted by molar-refractivity contribution is 9.11. The summed E-state index contributed by atoms with van der Waals surface area (Å²) in [5.41, 5.74) is 0. The first kappa shape index (κ1) is 6.70. The van der Waals surface area contributed by atoms with E-state index in [1.54, 1.807) is 12.2 Å². The van der Waals surface area contributed by atoms with E-state index >= 15 is 0 Å². The van der Waals surface area contributed by atoms with Crippen LogP contribution in [0, 0.1) is 0 Å². The van der Waals surface area contributed by atoms with Crippen LogP contribution in [0.15, 0.2) is 35.9 Å². The maximum atomic E-state index is 3.52. The number of halogens is 1. The van der Waals surface area contributed by atoms with Gasteiger partial charge in [-0.05, 0) is 6.08 Å². The van der Waals surface area contributed by atoms with Crippen LogP contribution in [0.5, 0.6) is 0 Å². The van der Waals surface area contributed by atoms with Gasteiger partial charge in [-0.15, -0.1) is 0 Å². The van der Waals surface area contributed by atoms with Gasteiger partial charge in [-0.1, -0.05) is 41.2 Å². The minimum atomic E-state index is 0.961. The molecular weight excluding hydrogens is 152 g/mol. The summed E-state index contributed by atoms with van der Waals surface area (Å²) < 4.78 is 0.961. The molecule has 0 radical (unpaired) electrons. The molecule has 0 atom stereocenters. The quantitative estimate of drug-likeness (QED) is 0.543. The van der Waals surface area contributed by atoms with E-state index in [1.165, 1.54) is 0 Å². The fourth-order valence-electron chi connectivity index (χ4n) is 0.181. The lowest BCUT2D eigenvalue weighted by Crippen LogP contribution is -1.52. The van der Waals surface area contributed by atoms with Gasteiger partial charge in [-0.3, -0.25) is 0 Å². The molecule has 0 fully saturated rings. The van der Waals surface area contributed by atoms with Crippen LogP contribution in [-0.2, 0) is 0 Å². The average molecular weight is 159 g/mol. The van der Waals surface area contributed by atoms with Crippen molar-refractivity contribution < 1.29 is 0 Å². The standard InChI is InChI=1S/C6H7Br/c1-3-5-6(7)4-2/h3-5H,1-2H2/b6-5+. The van der Waals surface area contributed by atoms with E-state index in [1.807, 2.05) is 6.08 Å². The van der Waals surface area contributed by atoms with Crippen molar-refractivity contribution in [1.82, 2.24) is 0 Å². The highest BCUT2D eigenvalue weighted by atomic mass is 79.9. The Balaban J connectivity index is 3.72. The Morgan fingerprint density at radius 3 is 2.14 bits per heavy atom. The summed E-state index contributed by atoms with van der Waals surface area (Å²) in [4.78, 5) is 0. The van der Waals surface area contributed by atoms with E-state index < -0.39 is 0 Å². The molecule has 0 aliphatic carbocycles. The van der Waals surface area contributed by atoms with Gasteiger partial charge in [0.2, 0.25) is 0 Å². The van der Waals surface area contributed by atoms with Gasteiger partial charge in [-0.25, -0.2) is 0 Å². The van der Waals surface area contributed by atoms with Crippen molar-refractivity contribution in [2.75, 3.05) is 0 Å². The summed E-state index contributed by atoms with van der Waals surface area (Å²) in [6.07, 6.45) is 5.24. The highest BCUT2D eigenvalue weighted by Gasteiger charge is 1.71. The van der Waals surface area contributed by atoms with Crippen molar-refractivity contribution in [2.24, 2.45) is 0 Å². The molecule has 0 heterocycles. The molecule has 38 valence electrons. The number of hydrogen-bond acceptors (Lipinski definition) is 0. The third-order valence-corrected chi connectivity index (χ3v) is 1.06. The van der Waals surface area contributed by atoms with Crippen molar-refractivity contribution in [2.45, 2.75) is 0 Å². The summed E-state index contributed by atoms with van der Waals surface area (Å²) in [5.74, 6) is 0. The molecule has 0 unspecified atom stereocenters. The van der Waals surface area contributed by atoms with Crippen LogP contribution in [0.1, 0.15) is 0 Å². The van der Waals surface area contributed by atoms with Gasteiger partial charge in [0.05, 0.1) is 0 Å². The normalized spacial score (nSPS) is 10.7. The monoisotopic (exact) mass is 158 g/mol. The molecule has 0 aliphatic heterocycles. The van der Waals surface area contributed by atoms with Gasteiger partial charge in [-0.2, -0.15) is 0 Å². The Bertz CT molecular complexity index is 101. The molecule has 0 N–H and O–H groups in total. The van der Waals surface area contributed by atoms with Gasteiger partial charge in [0.1, 0.15) is 0 Å². The fourth-order valence-corrected chi connectivity index (χ4v) is 0.368. The number of hydrogen-bond donors (Lipinski definition) is 0. The molecular formula is C6H7Br. The van der Waals surface area contributed by atoms with E-state index in [0.29, 0.717) is 0 Å². The third-order valence-electron chi connectivity index (χ3n) is 0.472. The van der Waals surface area contributed by atoms with Gasteiger partial charge >= 0.3 is 0 Å². The second-order valence-corrected chi connectivity index (χ2v) is 1.91. The molecule has 0 amide bonds. The van der Waals surface area contributed by atoms with Crippen LogP contribution >= 0.6 is 15.9 Å².